The molecule has 0 radical (unpaired) electrons. The predicted molar refractivity (Wildman–Crippen MR) is 93.5 cm³/mol. The first-order valence-corrected chi connectivity index (χ1v) is 8.79. The molecule has 1 aromatic carbocycles. The maximum Gasteiger partial charge on any atom is 0.226 e. The number of hydrogen-bond acceptors (Lipinski definition) is 5. The van der Waals surface area contributed by atoms with Crippen LogP contribution in [-0.2, 0) is 11.2 Å². The molecule has 0 fully saturated rings. The number of aromatic nitrogens is 2. The van der Waals surface area contributed by atoms with Crippen molar-refractivity contribution in [3.63, 3.8) is 0 Å². The van der Waals surface area contributed by atoms with Crippen LogP contribution in [0, 0.1) is 6.92 Å². The minimum Gasteiger partial charge on any atom is -0.493 e. The fourth-order valence-corrected chi connectivity index (χ4v) is 3.07. The van der Waals surface area contributed by atoms with Gasteiger partial charge in [-0.2, -0.15) is 0 Å². The van der Waals surface area contributed by atoms with Gasteiger partial charge in [-0.15, -0.1) is 10.2 Å². The van der Waals surface area contributed by atoms with Gasteiger partial charge in [0.15, 0.2) is 0 Å². The molecule has 2 aromatic rings. The molecule has 5 nitrogen and oxygen atoms in total. The molecule has 0 bridgehead atoms. The summed E-state index contributed by atoms with van der Waals surface area (Å²) in [5.74, 6) is 0.726. The van der Waals surface area contributed by atoms with Crippen molar-refractivity contribution in [1.82, 2.24) is 10.2 Å². The Balaban J connectivity index is 1.70. The summed E-state index contributed by atoms with van der Waals surface area (Å²) in [4.78, 5) is 11.9. The fraction of sp³-hybridized carbons (Fsp3) is 0.438. The highest BCUT2D eigenvalue weighted by molar-refractivity contribution is 7.15. The highest BCUT2D eigenvalue weighted by Crippen LogP contribution is 2.22. The van der Waals surface area contributed by atoms with E-state index in [2.05, 4.69) is 22.4 Å². The number of hydrogen-bond donors (Lipinski definition) is 1. The molecule has 0 saturated carbocycles. The molecule has 0 aliphatic carbocycles. The lowest BCUT2D eigenvalue weighted by molar-refractivity contribution is -0.116. The van der Waals surface area contributed by atoms with E-state index in [9.17, 15) is 4.79 Å². The van der Waals surface area contributed by atoms with Gasteiger partial charge in [0, 0.05) is 17.9 Å². The van der Waals surface area contributed by atoms with E-state index in [0.717, 1.165) is 29.2 Å². The van der Waals surface area contributed by atoms with Gasteiger partial charge < -0.3 is 10.1 Å². The molecule has 7 heteroatoms. The fourth-order valence-electron chi connectivity index (χ4n) is 1.99. The third-order valence-corrected chi connectivity index (χ3v) is 4.25. The van der Waals surface area contributed by atoms with Gasteiger partial charge in [0.2, 0.25) is 11.0 Å². The van der Waals surface area contributed by atoms with Gasteiger partial charge in [-0.25, -0.2) is 0 Å². The van der Waals surface area contributed by atoms with Gasteiger partial charge in [0.05, 0.1) is 6.61 Å². The molecule has 1 amide bonds. The number of carbonyl (C=O) groups is 1. The number of ether oxygens (including phenoxy) is 1. The molecular formula is C16H20ClN3O2S. The summed E-state index contributed by atoms with van der Waals surface area (Å²) in [5.41, 5.74) is 0.985. The molecule has 0 saturated heterocycles. The zero-order chi connectivity index (χ0) is 16.7. The quantitative estimate of drug-likeness (QED) is 0.720. The Labute approximate surface area is 145 Å². The molecule has 0 aliphatic heterocycles. The number of carbonyl (C=O) groups excluding carboxylic acids is 1. The Morgan fingerprint density at radius 3 is 2.96 bits per heavy atom. The van der Waals surface area contributed by atoms with Gasteiger partial charge in [-0.3, -0.25) is 4.79 Å². The molecular weight excluding hydrogens is 334 g/mol. The van der Waals surface area contributed by atoms with Gasteiger partial charge in [0.25, 0.3) is 0 Å². The van der Waals surface area contributed by atoms with Crippen LogP contribution in [0.3, 0.4) is 0 Å². The van der Waals surface area contributed by atoms with Crippen molar-refractivity contribution >= 4 is 34.0 Å². The number of rotatable bonds is 8. The summed E-state index contributed by atoms with van der Waals surface area (Å²) in [6.07, 6.45) is 2.93. The average Bonchev–Trinajstić information content (AvgIpc) is 2.93. The summed E-state index contributed by atoms with van der Waals surface area (Å²) in [6, 6.07) is 5.49. The summed E-state index contributed by atoms with van der Waals surface area (Å²) < 4.78 is 5.66. The van der Waals surface area contributed by atoms with E-state index in [1.165, 1.54) is 11.3 Å². The molecule has 0 aliphatic rings. The summed E-state index contributed by atoms with van der Waals surface area (Å²) in [7, 11) is 0. The van der Waals surface area contributed by atoms with E-state index in [4.69, 9.17) is 16.3 Å². The highest BCUT2D eigenvalue weighted by Gasteiger charge is 2.08. The predicted octanol–water partition coefficient (Wildman–Crippen LogP) is 4.25. The van der Waals surface area contributed by atoms with Gasteiger partial charge in [-0.05, 0) is 43.5 Å². The van der Waals surface area contributed by atoms with Gasteiger partial charge >= 0.3 is 0 Å². The number of nitrogens with zero attached hydrogens (tertiary/aromatic N) is 2. The number of anilines is 1. The largest absolute Gasteiger partial charge is 0.493 e. The van der Waals surface area contributed by atoms with Crippen molar-refractivity contribution in [2.75, 3.05) is 11.9 Å². The Morgan fingerprint density at radius 1 is 1.39 bits per heavy atom. The van der Waals surface area contributed by atoms with Gasteiger partial charge in [0.1, 0.15) is 10.8 Å². The molecule has 0 unspecified atom stereocenters. The van der Waals surface area contributed by atoms with Crippen LogP contribution in [0.4, 0.5) is 5.13 Å². The van der Waals surface area contributed by atoms with Crippen molar-refractivity contribution in [2.45, 2.75) is 39.5 Å². The maximum absolute atomic E-state index is 11.9. The van der Waals surface area contributed by atoms with Crippen LogP contribution in [0.25, 0.3) is 0 Å². The van der Waals surface area contributed by atoms with E-state index in [1.807, 2.05) is 19.1 Å². The Kier molecular flexibility index (Phi) is 6.80. The number of nitrogens with one attached hydrogen (secondary N) is 1. The van der Waals surface area contributed by atoms with E-state index in [0.29, 0.717) is 29.6 Å². The van der Waals surface area contributed by atoms with Crippen LogP contribution in [0.2, 0.25) is 5.02 Å². The first-order valence-electron chi connectivity index (χ1n) is 7.59. The smallest absolute Gasteiger partial charge is 0.226 e. The zero-order valence-corrected chi connectivity index (χ0v) is 14.8. The highest BCUT2D eigenvalue weighted by atomic mass is 35.5. The summed E-state index contributed by atoms with van der Waals surface area (Å²) in [6.45, 7) is 4.51. The van der Waals surface area contributed by atoms with E-state index in [1.54, 1.807) is 6.07 Å². The second-order valence-corrected chi connectivity index (χ2v) is 6.66. The van der Waals surface area contributed by atoms with E-state index >= 15 is 0 Å². The van der Waals surface area contributed by atoms with Crippen LogP contribution in [0.15, 0.2) is 18.2 Å². The third-order valence-electron chi connectivity index (χ3n) is 3.12. The second-order valence-electron chi connectivity index (χ2n) is 5.16. The number of benzene rings is 1. The first kappa shape index (κ1) is 17.7. The zero-order valence-electron chi connectivity index (χ0n) is 13.3. The Hall–Kier alpha value is -1.66. The summed E-state index contributed by atoms with van der Waals surface area (Å²) >= 11 is 7.33. The van der Waals surface area contributed by atoms with Crippen LogP contribution in [-0.4, -0.2) is 22.7 Å². The molecule has 2 rings (SSSR count). The number of amides is 1. The third kappa shape index (κ3) is 5.80. The average molecular weight is 354 g/mol. The van der Waals surface area contributed by atoms with Crippen molar-refractivity contribution in [3.05, 3.63) is 33.8 Å². The monoisotopic (exact) mass is 353 g/mol. The van der Waals surface area contributed by atoms with Gasteiger partial charge in [-0.1, -0.05) is 29.9 Å². The lowest BCUT2D eigenvalue weighted by Gasteiger charge is -2.09. The second kappa shape index (κ2) is 8.84. The lowest BCUT2D eigenvalue weighted by Crippen LogP contribution is -2.12. The molecule has 1 heterocycles. The number of aryl methyl sites for hydroxylation is 2. The maximum atomic E-state index is 11.9. The van der Waals surface area contributed by atoms with E-state index in [-0.39, 0.29) is 5.91 Å². The van der Waals surface area contributed by atoms with Crippen molar-refractivity contribution in [1.29, 1.82) is 0 Å². The summed E-state index contributed by atoms with van der Waals surface area (Å²) in [5, 5.41) is 13.0. The van der Waals surface area contributed by atoms with Crippen molar-refractivity contribution in [3.8, 4) is 5.75 Å². The molecule has 1 aromatic heterocycles. The minimum atomic E-state index is -0.0689. The van der Waals surface area contributed by atoms with Crippen molar-refractivity contribution in [2.24, 2.45) is 0 Å². The minimum absolute atomic E-state index is 0.0689. The SMILES string of the molecule is CCCc1nnc(NC(=O)CCCOc2ccc(Cl)cc2C)s1. The van der Waals surface area contributed by atoms with Crippen LogP contribution >= 0.6 is 22.9 Å². The standard InChI is InChI=1S/C16H20ClN3O2S/c1-3-5-15-19-20-16(23-15)18-14(21)6-4-9-22-13-8-7-12(17)10-11(13)2/h7-8,10H,3-6,9H2,1-2H3,(H,18,20,21). The molecule has 0 atom stereocenters. The Morgan fingerprint density at radius 2 is 2.22 bits per heavy atom. The van der Waals surface area contributed by atoms with Crippen LogP contribution in [0.1, 0.15) is 36.8 Å². The van der Waals surface area contributed by atoms with Crippen LogP contribution < -0.4 is 10.1 Å². The molecule has 0 spiro atoms. The normalized spacial score (nSPS) is 10.6. The molecule has 23 heavy (non-hydrogen) atoms. The lowest BCUT2D eigenvalue weighted by atomic mass is 10.2. The first-order chi connectivity index (χ1) is 11.1. The molecule has 1 N–H and O–H groups in total. The molecule has 124 valence electrons. The van der Waals surface area contributed by atoms with Crippen LogP contribution in [0.5, 0.6) is 5.75 Å². The van der Waals surface area contributed by atoms with Crippen molar-refractivity contribution < 1.29 is 9.53 Å². The Bertz CT molecular complexity index is 661. The topological polar surface area (TPSA) is 64.1 Å². The number of halogens is 1. The van der Waals surface area contributed by atoms with E-state index < -0.39 is 0 Å².